The SMILES string of the molecule is COCCCNC(=O)c1cncc(Nc2cc(C)on2)c1. The number of nitrogens with one attached hydrogen (secondary N) is 2. The number of amides is 1. The second-order valence-electron chi connectivity index (χ2n) is 4.51. The minimum atomic E-state index is -0.168. The maximum Gasteiger partial charge on any atom is 0.252 e. The number of ether oxygens (including phenoxy) is 1. The first-order valence-electron chi connectivity index (χ1n) is 6.61. The van der Waals surface area contributed by atoms with Crippen molar-refractivity contribution in [3.63, 3.8) is 0 Å². The number of hydrogen-bond donors (Lipinski definition) is 2. The Hall–Kier alpha value is -2.41. The Morgan fingerprint density at radius 3 is 2.95 bits per heavy atom. The highest BCUT2D eigenvalue weighted by molar-refractivity contribution is 5.94. The normalized spacial score (nSPS) is 10.4. The largest absolute Gasteiger partial charge is 0.385 e. The van der Waals surface area contributed by atoms with Gasteiger partial charge in [0.1, 0.15) is 5.76 Å². The molecule has 21 heavy (non-hydrogen) atoms. The number of nitrogens with zero attached hydrogens (tertiary/aromatic N) is 2. The van der Waals surface area contributed by atoms with Gasteiger partial charge in [-0.15, -0.1) is 0 Å². The summed E-state index contributed by atoms with van der Waals surface area (Å²) < 4.78 is 9.89. The molecule has 0 radical (unpaired) electrons. The monoisotopic (exact) mass is 290 g/mol. The van der Waals surface area contributed by atoms with Crippen LogP contribution in [-0.2, 0) is 4.74 Å². The molecular weight excluding hydrogens is 272 g/mol. The molecule has 7 heteroatoms. The van der Waals surface area contributed by atoms with E-state index in [1.54, 1.807) is 32.4 Å². The van der Waals surface area contributed by atoms with Gasteiger partial charge in [-0.1, -0.05) is 5.16 Å². The van der Waals surface area contributed by atoms with Crippen molar-refractivity contribution in [2.75, 3.05) is 25.6 Å². The zero-order valence-electron chi connectivity index (χ0n) is 12.0. The molecule has 0 bridgehead atoms. The van der Waals surface area contributed by atoms with Crippen molar-refractivity contribution in [3.05, 3.63) is 35.9 Å². The fourth-order valence-corrected chi connectivity index (χ4v) is 1.73. The molecule has 0 aliphatic heterocycles. The lowest BCUT2D eigenvalue weighted by Crippen LogP contribution is -2.25. The van der Waals surface area contributed by atoms with Gasteiger partial charge in [0.05, 0.1) is 17.4 Å². The fourth-order valence-electron chi connectivity index (χ4n) is 1.73. The van der Waals surface area contributed by atoms with Crippen molar-refractivity contribution in [1.82, 2.24) is 15.5 Å². The predicted molar refractivity (Wildman–Crippen MR) is 77.6 cm³/mol. The molecule has 0 unspecified atom stereocenters. The average molecular weight is 290 g/mol. The van der Waals surface area contributed by atoms with E-state index in [2.05, 4.69) is 20.8 Å². The highest BCUT2D eigenvalue weighted by Crippen LogP contribution is 2.16. The van der Waals surface area contributed by atoms with Crippen LogP contribution in [0.5, 0.6) is 0 Å². The van der Waals surface area contributed by atoms with Gasteiger partial charge in [0.2, 0.25) is 0 Å². The summed E-state index contributed by atoms with van der Waals surface area (Å²) in [6.45, 7) is 2.98. The number of carbonyl (C=O) groups excluding carboxylic acids is 1. The Morgan fingerprint density at radius 2 is 2.24 bits per heavy atom. The second kappa shape index (κ2) is 7.39. The number of aryl methyl sites for hydroxylation is 1. The standard InChI is InChI=1S/C14H18N4O3/c1-10-6-13(18-21-10)17-12-7-11(8-15-9-12)14(19)16-4-3-5-20-2/h6-9H,3-5H2,1-2H3,(H,16,19)(H,17,18). The number of aromatic nitrogens is 2. The van der Waals surface area contributed by atoms with Crippen molar-refractivity contribution in [3.8, 4) is 0 Å². The van der Waals surface area contributed by atoms with Gasteiger partial charge in [0.25, 0.3) is 5.91 Å². The first kappa shape index (κ1) is 15.0. The van der Waals surface area contributed by atoms with Crippen LogP contribution in [0, 0.1) is 6.92 Å². The minimum absolute atomic E-state index is 0.168. The van der Waals surface area contributed by atoms with E-state index in [4.69, 9.17) is 9.26 Å². The second-order valence-corrected chi connectivity index (χ2v) is 4.51. The van der Waals surface area contributed by atoms with E-state index in [-0.39, 0.29) is 5.91 Å². The summed E-state index contributed by atoms with van der Waals surface area (Å²) in [6, 6.07) is 3.47. The maximum atomic E-state index is 12.0. The summed E-state index contributed by atoms with van der Waals surface area (Å²) in [5.41, 5.74) is 1.16. The molecule has 0 saturated heterocycles. The number of anilines is 2. The molecule has 0 spiro atoms. The highest BCUT2D eigenvalue weighted by atomic mass is 16.5. The van der Waals surface area contributed by atoms with Crippen LogP contribution in [0.4, 0.5) is 11.5 Å². The Morgan fingerprint density at radius 1 is 1.38 bits per heavy atom. The van der Waals surface area contributed by atoms with Gasteiger partial charge in [-0.2, -0.15) is 0 Å². The summed E-state index contributed by atoms with van der Waals surface area (Å²) in [5, 5.41) is 9.66. The van der Waals surface area contributed by atoms with Crippen LogP contribution >= 0.6 is 0 Å². The molecule has 0 fully saturated rings. The molecule has 112 valence electrons. The number of hydrogen-bond acceptors (Lipinski definition) is 6. The Bertz CT molecular complexity index is 597. The molecular formula is C14H18N4O3. The van der Waals surface area contributed by atoms with Crippen molar-refractivity contribution in [2.45, 2.75) is 13.3 Å². The van der Waals surface area contributed by atoms with Crippen LogP contribution in [-0.4, -0.2) is 36.3 Å². The van der Waals surface area contributed by atoms with Crippen molar-refractivity contribution in [1.29, 1.82) is 0 Å². The van der Waals surface area contributed by atoms with E-state index >= 15 is 0 Å². The molecule has 0 atom stereocenters. The molecule has 7 nitrogen and oxygen atoms in total. The number of pyridine rings is 1. The summed E-state index contributed by atoms with van der Waals surface area (Å²) in [7, 11) is 1.63. The van der Waals surface area contributed by atoms with Crippen LogP contribution in [0.2, 0.25) is 0 Å². The van der Waals surface area contributed by atoms with Crippen LogP contribution in [0.25, 0.3) is 0 Å². The lowest BCUT2D eigenvalue weighted by molar-refractivity contribution is 0.0948. The number of rotatable bonds is 7. The van der Waals surface area contributed by atoms with Gasteiger partial charge < -0.3 is 19.9 Å². The summed E-state index contributed by atoms with van der Waals surface area (Å²) in [4.78, 5) is 16.0. The van der Waals surface area contributed by atoms with Crippen molar-refractivity contribution >= 4 is 17.4 Å². The third kappa shape index (κ3) is 4.57. The minimum Gasteiger partial charge on any atom is -0.385 e. The molecule has 2 aromatic heterocycles. The fraction of sp³-hybridized carbons (Fsp3) is 0.357. The van der Waals surface area contributed by atoms with Gasteiger partial charge in [0, 0.05) is 32.5 Å². The molecule has 0 saturated carbocycles. The molecule has 2 rings (SSSR count). The van der Waals surface area contributed by atoms with E-state index in [1.165, 1.54) is 6.20 Å². The van der Waals surface area contributed by atoms with E-state index in [0.29, 0.717) is 36.0 Å². The Balaban J connectivity index is 1.95. The zero-order chi connectivity index (χ0) is 15.1. The quantitative estimate of drug-likeness (QED) is 0.757. The van der Waals surface area contributed by atoms with Gasteiger partial charge in [-0.3, -0.25) is 9.78 Å². The third-order valence-electron chi connectivity index (χ3n) is 2.71. The van der Waals surface area contributed by atoms with Crippen LogP contribution in [0.1, 0.15) is 22.5 Å². The van der Waals surface area contributed by atoms with E-state index in [1.807, 2.05) is 0 Å². The topological polar surface area (TPSA) is 89.3 Å². The molecule has 1 amide bonds. The molecule has 2 N–H and O–H groups in total. The molecule has 2 aromatic rings. The predicted octanol–water partition coefficient (Wildman–Crippen LogP) is 1.89. The lowest BCUT2D eigenvalue weighted by atomic mass is 10.2. The van der Waals surface area contributed by atoms with Crippen LogP contribution in [0.15, 0.2) is 29.0 Å². The van der Waals surface area contributed by atoms with Gasteiger partial charge in [0.15, 0.2) is 5.82 Å². The average Bonchev–Trinajstić information content (AvgIpc) is 2.89. The summed E-state index contributed by atoms with van der Waals surface area (Å²) in [5.74, 6) is 1.11. The van der Waals surface area contributed by atoms with Gasteiger partial charge in [-0.25, -0.2) is 0 Å². The number of methoxy groups -OCH3 is 1. The zero-order valence-corrected chi connectivity index (χ0v) is 12.0. The Labute approximate surface area is 122 Å². The van der Waals surface area contributed by atoms with E-state index < -0.39 is 0 Å². The molecule has 0 aliphatic carbocycles. The van der Waals surface area contributed by atoms with E-state index in [9.17, 15) is 4.79 Å². The first-order chi connectivity index (χ1) is 10.2. The molecule has 0 aliphatic rings. The lowest BCUT2D eigenvalue weighted by Gasteiger charge is -2.06. The third-order valence-corrected chi connectivity index (χ3v) is 2.71. The van der Waals surface area contributed by atoms with Crippen LogP contribution in [0.3, 0.4) is 0 Å². The first-order valence-corrected chi connectivity index (χ1v) is 6.61. The highest BCUT2D eigenvalue weighted by Gasteiger charge is 2.07. The molecule has 2 heterocycles. The maximum absolute atomic E-state index is 12.0. The summed E-state index contributed by atoms with van der Waals surface area (Å²) in [6.07, 6.45) is 3.91. The van der Waals surface area contributed by atoms with Gasteiger partial charge in [-0.05, 0) is 19.4 Å². The smallest absolute Gasteiger partial charge is 0.252 e. The van der Waals surface area contributed by atoms with Crippen molar-refractivity contribution in [2.24, 2.45) is 0 Å². The van der Waals surface area contributed by atoms with Gasteiger partial charge >= 0.3 is 0 Å². The Kier molecular flexibility index (Phi) is 5.28. The van der Waals surface area contributed by atoms with Crippen molar-refractivity contribution < 1.29 is 14.1 Å². The van der Waals surface area contributed by atoms with Crippen LogP contribution < -0.4 is 10.6 Å². The number of carbonyl (C=O) groups is 1. The van der Waals surface area contributed by atoms with E-state index in [0.717, 1.165) is 6.42 Å². The molecule has 0 aromatic carbocycles. The summed E-state index contributed by atoms with van der Waals surface area (Å²) >= 11 is 0.